The van der Waals surface area contributed by atoms with Crippen molar-refractivity contribution in [1.29, 1.82) is 0 Å². The van der Waals surface area contributed by atoms with E-state index < -0.39 is 0 Å². The van der Waals surface area contributed by atoms with Gasteiger partial charge in [-0.3, -0.25) is 4.90 Å². The zero-order chi connectivity index (χ0) is 17.9. The van der Waals surface area contributed by atoms with Crippen molar-refractivity contribution in [3.63, 3.8) is 0 Å². The number of piperidine rings is 1. The Morgan fingerprint density at radius 2 is 1.96 bits per heavy atom. The third kappa shape index (κ3) is 3.31. The fourth-order valence-electron chi connectivity index (χ4n) is 4.18. The summed E-state index contributed by atoms with van der Waals surface area (Å²) in [5.74, 6) is 0.595. The monoisotopic (exact) mass is 351 g/mol. The molecule has 4 rings (SSSR count). The first-order chi connectivity index (χ1) is 12.8. The van der Waals surface area contributed by atoms with Gasteiger partial charge in [-0.15, -0.1) is 0 Å². The highest BCUT2D eigenvalue weighted by molar-refractivity contribution is 5.70. The van der Waals surface area contributed by atoms with E-state index in [9.17, 15) is 0 Å². The van der Waals surface area contributed by atoms with Gasteiger partial charge < -0.3 is 9.47 Å². The topological polar surface area (TPSA) is 47.5 Å². The highest BCUT2D eigenvalue weighted by atomic mass is 16.5. The van der Waals surface area contributed by atoms with Crippen molar-refractivity contribution in [3.8, 4) is 11.9 Å². The smallest absolute Gasteiger partial charge is 0.319 e. The minimum Gasteiger partial charge on any atom is -0.480 e. The summed E-state index contributed by atoms with van der Waals surface area (Å²) in [6.45, 7) is 1.01. The van der Waals surface area contributed by atoms with E-state index in [0.29, 0.717) is 24.0 Å². The van der Waals surface area contributed by atoms with Gasteiger partial charge in [0.05, 0.1) is 19.8 Å². The molecule has 0 aliphatic carbocycles. The molecule has 2 atom stereocenters. The second-order valence-electron chi connectivity index (χ2n) is 6.99. The van der Waals surface area contributed by atoms with Crippen LogP contribution in [0.15, 0.2) is 42.6 Å². The van der Waals surface area contributed by atoms with Crippen LogP contribution in [0.25, 0.3) is 5.57 Å². The number of methoxy groups -OCH3 is 2. The molecule has 2 aliphatic rings. The first kappa shape index (κ1) is 17.0. The number of ether oxygens (including phenoxy) is 2. The third-order valence-corrected chi connectivity index (χ3v) is 5.44. The van der Waals surface area contributed by atoms with Gasteiger partial charge in [-0.25, -0.2) is 4.98 Å². The summed E-state index contributed by atoms with van der Waals surface area (Å²) < 4.78 is 10.6. The third-order valence-electron chi connectivity index (χ3n) is 5.44. The molecule has 2 bridgehead atoms. The molecule has 0 radical (unpaired) electrons. The normalized spacial score (nSPS) is 22.6. The Balaban J connectivity index is 1.62. The van der Waals surface area contributed by atoms with Crippen LogP contribution in [0.2, 0.25) is 0 Å². The molecule has 0 N–H and O–H groups in total. The molecule has 26 heavy (non-hydrogen) atoms. The van der Waals surface area contributed by atoms with Crippen molar-refractivity contribution >= 4 is 5.57 Å². The standard InChI is InChI=1S/C21H25N3O2/c1-25-20-19(13-22-21(23-20)26-2)16-11-17-9-6-10-18(12-16)24(17)14-15-7-4-3-5-8-15/h3-5,7-8,11,13,17-18H,6,9-10,12,14H2,1-2H3. The van der Waals surface area contributed by atoms with Crippen molar-refractivity contribution in [2.45, 2.75) is 44.3 Å². The number of aromatic nitrogens is 2. The molecule has 136 valence electrons. The minimum atomic E-state index is 0.341. The summed E-state index contributed by atoms with van der Waals surface area (Å²) >= 11 is 0. The summed E-state index contributed by atoms with van der Waals surface area (Å²) in [5.41, 5.74) is 3.67. The zero-order valence-corrected chi connectivity index (χ0v) is 15.4. The average Bonchev–Trinajstić information content (AvgIpc) is 2.68. The molecule has 5 heteroatoms. The molecule has 5 nitrogen and oxygen atoms in total. The number of hydrogen-bond donors (Lipinski definition) is 0. The van der Waals surface area contributed by atoms with Crippen molar-refractivity contribution in [2.75, 3.05) is 14.2 Å². The molecule has 0 amide bonds. The van der Waals surface area contributed by atoms with Gasteiger partial charge in [0.2, 0.25) is 5.88 Å². The predicted molar refractivity (Wildman–Crippen MR) is 101 cm³/mol. The molecular weight excluding hydrogens is 326 g/mol. The zero-order valence-electron chi connectivity index (χ0n) is 15.4. The summed E-state index contributed by atoms with van der Waals surface area (Å²) in [6.07, 6.45) is 8.97. The lowest BCUT2D eigenvalue weighted by molar-refractivity contribution is 0.0950. The lowest BCUT2D eigenvalue weighted by Crippen LogP contribution is -2.47. The number of nitrogens with zero attached hydrogens (tertiary/aromatic N) is 3. The Morgan fingerprint density at radius 1 is 1.12 bits per heavy atom. The van der Waals surface area contributed by atoms with Crippen LogP contribution in [0, 0.1) is 0 Å². The van der Waals surface area contributed by atoms with Crippen LogP contribution in [-0.2, 0) is 6.54 Å². The molecule has 1 fully saturated rings. The first-order valence-corrected chi connectivity index (χ1v) is 9.24. The highest BCUT2D eigenvalue weighted by Gasteiger charge is 2.35. The number of hydrogen-bond acceptors (Lipinski definition) is 5. The fraction of sp³-hybridized carbons (Fsp3) is 0.429. The molecule has 2 unspecified atom stereocenters. The van der Waals surface area contributed by atoms with Crippen LogP contribution in [-0.4, -0.2) is 41.2 Å². The van der Waals surface area contributed by atoms with E-state index in [-0.39, 0.29) is 0 Å². The largest absolute Gasteiger partial charge is 0.480 e. The van der Waals surface area contributed by atoms with E-state index >= 15 is 0 Å². The van der Waals surface area contributed by atoms with Crippen molar-refractivity contribution < 1.29 is 9.47 Å². The van der Waals surface area contributed by atoms with E-state index in [1.165, 1.54) is 30.4 Å². The van der Waals surface area contributed by atoms with Gasteiger partial charge in [0.1, 0.15) is 0 Å². The number of fused-ring (bicyclic) bond motifs is 2. The lowest BCUT2D eigenvalue weighted by Gasteiger charge is -2.45. The van der Waals surface area contributed by atoms with Gasteiger partial charge in [0.15, 0.2) is 0 Å². The summed E-state index contributed by atoms with van der Waals surface area (Å²) in [6, 6.07) is 12.1. The Morgan fingerprint density at radius 3 is 2.69 bits per heavy atom. The first-order valence-electron chi connectivity index (χ1n) is 9.24. The van der Waals surface area contributed by atoms with Gasteiger partial charge in [0, 0.05) is 24.8 Å². The highest BCUT2D eigenvalue weighted by Crippen LogP contribution is 2.39. The maximum atomic E-state index is 5.50. The quantitative estimate of drug-likeness (QED) is 0.822. The molecule has 3 heterocycles. The molecular formula is C21H25N3O2. The molecule has 0 spiro atoms. The van der Waals surface area contributed by atoms with Gasteiger partial charge in [-0.2, -0.15) is 4.98 Å². The molecule has 0 saturated carbocycles. The minimum absolute atomic E-state index is 0.341. The van der Waals surface area contributed by atoms with Crippen molar-refractivity contribution in [1.82, 2.24) is 14.9 Å². The average molecular weight is 351 g/mol. The second-order valence-corrected chi connectivity index (χ2v) is 6.99. The second kappa shape index (κ2) is 7.46. The van der Waals surface area contributed by atoms with E-state index in [1.54, 1.807) is 14.2 Å². The maximum Gasteiger partial charge on any atom is 0.319 e. The number of benzene rings is 1. The Hall–Kier alpha value is -2.40. The summed E-state index contributed by atoms with van der Waals surface area (Å²) in [4.78, 5) is 11.3. The van der Waals surface area contributed by atoms with Crippen molar-refractivity contribution in [3.05, 3.63) is 53.7 Å². The van der Waals surface area contributed by atoms with Crippen LogP contribution in [0.5, 0.6) is 11.9 Å². The molecule has 1 aromatic carbocycles. The van der Waals surface area contributed by atoms with E-state index in [2.05, 4.69) is 51.3 Å². The summed E-state index contributed by atoms with van der Waals surface area (Å²) in [7, 11) is 3.22. The lowest BCUT2D eigenvalue weighted by atomic mass is 9.83. The fourth-order valence-corrected chi connectivity index (χ4v) is 4.18. The SMILES string of the molecule is COc1ncc(C2=CC3CCCC(C2)N3Cc2ccccc2)c(OC)n1. The predicted octanol–water partition coefficient (Wildman–Crippen LogP) is 3.70. The maximum absolute atomic E-state index is 5.50. The van der Waals surface area contributed by atoms with E-state index in [4.69, 9.17) is 9.47 Å². The van der Waals surface area contributed by atoms with Gasteiger partial charge >= 0.3 is 6.01 Å². The Kier molecular flexibility index (Phi) is 4.89. The van der Waals surface area contributed by atoms with Crippen LogP contribution in [0.4, 0.5) is 0 Å². The molecule has 2 aromatic rings. The molecule has 1 saturated heterocycles. The Bertz CT molecular complexity index is 791. The Labute approximate surface area is 154 Å². The van der Waals surface area contributed by atoms with Crippen LogP contribution < -0.4 is 9.47 Å². The van der Waals surface area contributed by atoms with E-state index in [0.717, 1.165) is 18.5 Å². The molecule has 1 aromatic heterocycles. The summed E-state index contributed by atoms with van der Waals surface area (Å²) in [5, 5.41) is 0. The van der Waals surface area contributed by atoms with Crippen molar-refractivity contribution in [2.24, 2.45) is 0 Å². The molecule has 2 aliphatic heterocycles. The number of rotatable bonds is 5. The van der Waals surface area contributed by atoms with Gasteiger partial charge in [0.25, 0.3) is 0 Å². The van der Waals surface area contributed by atoms with Gasteiger partial charge in [-0.1, -0.05) is 42.8 Å². The van der Waals surface area contributed by atoms with Crippen LogP contribution >= 0.6 is 0 Å². The van der Waals surface area contributed by atoms with Crippen LogP contribution in [0.1, 0.15) is 36.8 Å². The van der Waals surface area contributed by atoms with Crippen LogP contribution in [0.3, 0.4) is 0 Å². The van der Waals surface area contributed by atoms with E-state index in [1.807, 2.05) is 6.20 Å². The van der Waals surface area contributed by atoms with Gasteiger partial charge in [-0.05, 0) is 30.4 Å².